The number of fused-ring (bicyclic) bond motifs is 1. The normalized spacial score (nSPS) is 16.0. The summed E-state index contributed by atoms with van der Waals surface area (Å²) in [6.07, 6.45) is 4.10. The molecule has 6 heteroatoms. The molecule has 3 rings (SSSR count). The number of aliphatic hydroxyl groups excluding tert-OH is 1. The third kappa shape index (κ3) is 3.71. The molecule has 3 N–H and O–H groups in total. The molecule has 24 heavy (non-hydrogen) atoms. The molecule has 126 valence electrons. The Kier molecular flexibility index (Phi) is 5.05. The summed E-state index contributed by atoms with van der Waals surface area (Å²) in [5, 5.41) is 15.8. The molecule has 0 bridgehead atoms. The first-order chi connectivity index (χ1) is 11.7. The molecular formula is C18H21N3O3. The summed E-state index contributed by atoms with van der Waals surface area (Å²) in [6.45, 7) is -0.447. The van der Waals surface area contributed by atoms with Crippen LogP contribution in [0.3, 0.4) is 0 Å². The molecular weight excluding hydrogens is 306 g/mol. The number of amides is 2. The molecule has 1 aromatic heterocycles. The molecule has 1 atom stereocenters. The summed E-state index contributed by atoms with van der Waals surface area (Å²) < 4.78 is 0. The SMILES string of the molecule is O=C(N[C@@H](CO)C(=O)NC1CCCC1)c1ccc2ccccc2n1. The van der Waals surface area contributed by atoms with Crippen LogP contribution in [0.25, 0.3) is 10.9 Å². The lowest BCUT2D eigenvalue weighted by Gasteiger charge is -2.19. The van der Waals surface area contributed by atoms with E-state index in [1.165, 1.54) is 0 Å². The van der Waals surface area contributed by atoms with E-state index in [0.717, 1.165) is 31.1 Å². The second-order valence-electron chi connectivity index (χ2n) is 6.09. The minimum Gasteiger partial charge on any atom is -0.394 e. The Balaban J connectivity index is 1.67. The molecule has 2 aromatic rings. The monoisotopic (exact) mass is 327 g/mol. The number of benzene rings is 1. The molecule has 0 spiro atoms. The van der Waals surface area contributed by atoms with Crippen molar-refractivity contribution in [1.29, 1.82) is 0 Å². The molecule has 0 radical (unpaired) electrons. The standard InChI is InChI=1S/C18H21N3O3/c22-11-16(18(24)19-13-6-2-3-7-13)21-17(23)15-10-9-12-5-1-4-8-14(12)20-15/h1,4-5,8-10,13,16,22H,2-3,6-7,11H2,(H,19,24)(H,21,23)/t16-/m0/s1. The summed E-state index contributed by atoms with van der Waals surface area (Å²) in [5.41, 5.74) is 0.932. The number of carbonyl (C=O) groups is 2. The van der Waals surface area contributed by atoms with Crippen LogP contribution in [0.15, 0.2) is 36.4 Å². The van der Waals surface area contributed by atoms with Crippen LogP contribution in [0.1, 0.15) is 36.2 Å². The molecule has 2 amide bonds. The number of nitrogens with zero attached hydrogens (tertiary/aromatic N) is 1. The fourth-order valence-electron chi connectivity index (χ4n) is 2.99. The lowest BCUT2D eigenvalue weighted by Crippen LogP contribution is -2.51. The minimum absolute atomic E-state index is 0.141. The molecule has 1 aliphatic rings. The summed E-state index contributed by atoms with van der Waals surface area (Å²) in [5.74, 6) is -0.820. The average Bonchev–Trinajstić information content (AvgIpc) is 3.11. The van der Waals surface area contributed by atoms with Gasteiger partial charge < -0.3 is 15.7 Å². The number of hydrogen-bond donors (Lipinski definition) is 3. The number of rotatable bonds is 5. The summed E-state index contributed by atoms with van der Waals surface area (Å²) in [7, 11) is 0. The van der Waals surface area contributed by atoms with E-state index in [2.05, 4.69) is 15.6 Å². The van der Waals surface area contributed by atoms with Gasteiger partial charge in [0.05, 0.1) is 12.1 Å². The first kappa shape index (κ1) is 16.4. The van der Waals surface area contributed by atoms with Gasteiger partial charge in [-0.2, -0.15) is 0 Å². The van der Waals surface area contributed by atoms with Gasteiger partial charge in [0.25, 0.3) is 5.91 Å². The summed E-state index contributed by atoms with van der Waals surface area (Å²) >= 11 is 0. The third-order valence-corrected chi connectivity index (χ3v) is 4.34. The molecule has 1 heterocycles. The highest BCUT2D eigenvalue weighted by Gasteiger charge is 2.25. The van der Waals surface area contributed by atoms with Crippen LogP contribution in [0, 0.1) is 0 Å². The largest absolute Gasteiger partial charge is 0.394 e. The number of hydrogen-bond acceptors (Lipinski definition) is 4. The smallest absolute Gasteiger partial charge is 0.270 e. The van der Waals surface area contributed by atoms with Crippen molar-refractivity contribution < 1.29 is 14.7 Å². The van der Waals surface area contributed by atoms with Crippen LogP contribution in [0.4, 0.5) is 0 Å². The second-order valence-corrected chi connectivity index (χ2v) is 6.09. The van der Waals surface area contributed by atoms with Gasteiger partial charge in [-0.15, -0.1) is 0 Å². The maximum absolute atomic E-state index is 12.3. The van der Waals surface area contributed by atoms with Crippen LogP contribution < -0.4 is 10.6 Å². The van der Waals surface area contributed by atoms with E-state index in [1.54, 1.807) is 6.07 Å². The molecule has 1 aromatic carbocycles. The summed E-state index contributed by atoms with van der Waals surface area (Å²) in [4.78, 5) is 28.8. The maximum atomic E-state index is 12.3. The Morgan fingerprint density at radius 3 is 2.67 bits per heavy atom. The van der Waals surface area contributed by atoms with Crippen molar-refractivity contribution in [3.63, 3.8) is 0 Å². The topological polar surface area (TPSA) is 91.3 Å². The van der Waals surface area contributed by atoms with Crippen molar-refractivity contribution in [1.82, 2.24) is 15.6 Å². The molecule has 1 fully saturated rings. The van der Waals surface area contributed by atoms with Crippen molar-refractivity contribution in [2.75, 3.05) is 6.61 Å². The summed E-state index contributed by atoms with van der Waals surface area (Å²) in [6, 6.07) is 10.1. The highest BCUT2D eigenvalue weighted by Crippen LogP contribution is 2.17. The molecule has 0 saturated heterocycles. The lowest BCUT2D eigenvalue weighted by atomic mass is 10.2. The zero-order chi connectivity index (χ0) is 16.9. The van der Waals surface area contributed by atoms with Crippen molar-refractivity contribution in [2.24, 2.45) is 0 Å². The zero-order valence-electron chi connectivity index (χ0n) is 13.4. The predicted octanol–water partition coefficient (Wildman–Crippen LogP) is 1.38. The number of aromatic nitrogens is 1. The first-order valence-corrected chi connectivity index (χ1v) is 8.25. The van der Waals surface area contributed by atoms with Gasteiger partial charge in [0.1, 0.15) is 11.7 Å². The fourth-order valence-corrected chi connectivity index (χ4v) is 2.99. The van der Waals surface area contributed by atoms with Crippen LogP contribution in [-0.2, 0) is 4.79 Å². The van der Waals surface area contributed by atoms with Gasteiger partial charge in [-0.1, -0.05) is 37.1 Å². The minimum atomic E-state index is -0.966. The Labute approximate surface area is 140 Å². The predicted molar refractivity (Wildman–Crippen MR) is 90.5 cm³/mol. The maximum Gasteiger partial charge on any atom is 0.270 e. The Morgan fingerprint density at radius 1 is 1.17 bits per heavy atom. The van der Waals surface area contributed by atoms with Gasteiger partial charge in [0, 0.05) is 11.4 Å². The second kappa shape index (κ2) is 7.40. The first-order valence-electron chi connectivity index (χ1n) is 8.25. The van der Waals surface area contributed by atoms with Crippen LogP contribution in [0.2, 0.25) is 0 Å². The van der Waals surface area contributed by atoms with Crippen molar-refractivity contribution >= 4 is 22.7 Å². The van der Waals surface area contributed by atoms with E-state index in [-0.39, 0.29) is 17.6 Å². The van der Waals surface area contributed by atoms with Gasteiger partial charge in [0.15, 0.2) is 0 Å². The molecule has 0 unspecified atom stereocenters. The number of para-hydroxylation sites is 1. The van der Waals surface area contributed by atoms with Gasteiger partial charge in [-0.3, -0.25) is 9.59 Å². The van der Waals surface area contributed by atoms with Crippen molar-refractivity contribution in [3.8, 4) is 0 Å². The molecule has 6 nitrogen and oxygen atoms in total. The Morgan fingerprint density at radius 2 is 1.92 bits per heavy atom. The highest BCUT2D eigenvalue weighted by atomic mass is 16.3. The number of nitrogens with one attached hydrogen (secondary N) is 2. The van der Waals surface area contributed by atoms with E-state index in [9.17, 15) is 14.7 Å². The van der Waals surface area contributed by atoms with E-state index in [4.69, 9.17) is 0 Å². The van der Waals surface area contributed by atoms with E-state index < -0.39 is 18.6 Å². The van der Waals surface area contributed by atoms with E-state index in [0.29, 0.717) is 5.52 Å². The van der Waals surface area contributed by atoms with Crippen molar-refractivity contribution in [2.45, 2.75) is 37.8 Å². The highest BCUT2D eigenvalue weighted by molar-refractivity contribution is 5.97. The van der Waals surface area contributed by atoms with Crippen LogP contribution >= 0.6 is 0 Å². The quantitative estimate of drug-likeness (QED) is 0.774. The van der Waals surface area contributed by atoms with Gasteiger partial charge in [-0.05, 0) is 25.0 Å². The Bertz CT molecular complexity index is 741. The van der Waals surface area contributed by atoms with Crippen LogP contribution in [-0.4, -0.2) is 40.6 Å². The lowest BCUT2D eigenvalue weighted by molar-refractivity contribution is -0.124. The molecule has 1 saturated carbocycles. The zero-order valence-corrected chi connectivity index (χ0v) is 13.4. The molecule has 0 aliphatic heterocycles. The molecule has 1 aliphatic carbocycles. The third-order valence-electron chi connectivity index (χ3n) is 4.34. The Hall–Kier alpha value is -2.47. The van der Waals surface area contributed by atoms with E-state index in [1.807, 2.05) is 30.3 Å². The van der Waals surface area contributed by atoms with Gasteiger partial charge in [-0.25, -0.2) is 4.98 Å². The number of carbonyl (C=O) groups excluding carboxylic acids is 2. The van der Waals surface area contributed by atoms with Crippen LogP contribution in [0.5, 0.6) is 0 Å². The number of pyridine rings is 1. The average molecular weight is 327 g/mol. The van der Waals surface area contributed by atoms with Gasteiger partial charge in [0.2, 0.25) is 5.91 Å². The van der Waals surface area contributed by atoms with Gasteiger partial charge >= 0.3 is 0 Å². The van der Waals surface area contributed by atoms with E-state index >= 15 is 0 Å². The fraction of sp³-hybridized carbons (Fsp3) is 0.389. The number of aliphatic hydroxyl groups is 1. The van der Waals surface area contributed by atoms with Crippen molar-refractivity contribution in [3.05, 3.63) is 42.1 Å².